The Morgan fingerprint density at radius 2 is 2.18 bits per heavy atom. The number of ether oxygens (including phenoxy) is 1. The summed E-state index contributed by atoms with van der Waals surface area (Å²) in [5.74, 6) is 0. The Kier molecular flexibility index (Phi) is 5.17. The highest BCUT2D eigenvalue weighted by Gasteiger charge is 2.03. The largest absolute Gasteiger partial charge is 0.448 e. The molecule has 5 N–H and O–H groups in total. The lowest BCUT2D eigenvalue weighted by molar-refractivity contribution is 0.161. The molecule has 5 nitrogen and oxygen atoms in total. The lowest BCUT2D eigenvalue weighted by Crippen LogP contribution is -2.18. The van der Waals surface area contributed by atoms with Gasteiger partial charge in [-0.1, -0.05) is 12.2 Å². The molecule has 0 saturated heterocycles. The minimum Gasteiger partial charge on any atom is -0.448 e. The van der Waals surface area contributed by atoms with Gasteiger partial charge < -0.3 is 21.5 Å². The lowest BCUT2D eigenvalue weighted by Gasteiger charge is -2.09. The molecule has 0 aromatic heterocycles. The fourth-order valence-corrected chi connectivity index (χ4v) is 1.80. The molecule has 92 valence electrons. The maximum absolute atomic E-state index is 10.3. The van der Waals surface area contributed by atoms with Crippen LogP contribution in [-0.4, -0.2) is 24.2 Å². The quantitative estimate of drug-likeness (QED) is 0.566. The van der Waals surface area contributed by atoms with E-state index in [1.807, 2.05) is 18.2 Å². The van der Waals surface area contributed by atoms with Crippen LogP contribution in [0.25, 0.3) is 0 Å². The van der Waals surface area contributed by atoms with Crippen LogP contribution < -0.4 is 16.8 Å². The molecular weight excluding hydrogens is 306 g/mol. The van der Waals surface area contributed by atoms with Crippen LogP contribution in [0.3, 0.4) is 0 Å². The average Bonchev–Trinajstić information content (AvgIpc) is 2.25. The molecule has 0 atom stereocenters. The molecule has 0 radical (unpaired) electrons. The molecule has 0 spiro atoms. The van der Waals surface area contributed by atoms with Gasteiger partial charge in [-0.05, 0) is 34.1 Å². The first kappa shape index (κ1) is 13.7. The fraction of sp³-hybridized carbons (Fsp3) is 0.200. The van der Waals surface area contributed by atoms with Crippen LogP contribution in [0.2, 0.25) is 0 Å². The molecule has 7 heteroatoms. The number of halogens is 1. The highest BCUT2D eigenvalue weighted by Crippen LogP contribution is 2.23. The van der Waals surface area contributed by atoms with E-state index < -0.39 is 6.09 Å². The average molecular weight is 318 g/mol. The first-order chi connectivity index (χ1) is 8.00. The second-order valence-electron chi connectivity index (χ2n) is 3.15. The summed E-state index contributed by atoms with van der Waals surface area (Å²) in [5.41, 5.74) is 12.0. The smallest absolute Gasteiger partial charge is 0.404 e. The molecule has 1 amide bonds. The molecule has 0 saturated carbocycles. The van der Waals surface area contributed by atoms with Crippen molar-refractivity contribution in [2.75, 3.05) is 18.5 Å². The van der Waals surface area contributed by atoms with Crippen LogP contribution in [0.4, 0.5) is 10.5 Å². The summed E-state index contributed by atoms with van der Waals surface area (Å²) in [6.07, 6.45) is -0.783. The van der Waals surface area contributed by atoms with Crippen molar-refractivity contribution in [2.24, 2.45) is 11.5 Å². The first-order valence-electron chi connectivity index (χ1n) is 4.76. The monoisotopic (exact) mass is 317 g/mol. The second kappa shape index (κ2) is 6.41. The molecular formula is C10H12BrN3O2S. The van der Waals surface area contributed by atoms with Crippen LogP contribution in [0, 0.1) is 0 Å². The molecule has 1 aromatic rings. The predicted molar refractivity (Wildman–Crippen MR) is 74.1 cm³/mol. The van der Waals surface area contributed by atoms with Gasteiger partial charge in [0, 0.05) is 22.3 Å². The van der Waals surface area contributed by atoms with E-state index in [4.69, 9.17) is 23.7 Å². The Morgan fingerprint density at radius 3 is 2.71 bits per heavy atom. The Bertz CT molecular complexity index is 440. The van der Waals surface area contributed by atoms with Crippen LogP contribution in [0.15, 0.2) is 22.7 Å². The summed E-state index contributed by atoms with van der Waals surface area (Å²) < 4.78 is 5.42. The molecule has 1 rings (SSSR count). The van der Waals surface area contributed by atoms with E-state index >= 15 is 0 Å². The third kappa shape index (κ3) is 4.58. The number of hydrogen-bond donors (Lipinski definition) is 3. The maximum atomic E-state index is 10.3. The van der Waals surface area contributed by atoms with E-state index in [0.717, 1.165) is 15.7 Å². The van der Waals surface area contributed by atoms with Crippen molar-refractivity contribution in [3.8, 4) is 0 Å². The van der Waals surface area contributed by atoms with Crippen LogP contribution in [-0.2, 0) is 4.74 Å². The van der Waals surface area contributed by atoms with E-state index in [1.165, 1.54) is 0 Å². The van der Waals surface area contributed by atoms with Gasteiger partial charge in [-0.2, -0.15) is 0 Å². The molecule has 0 bridgehead atoms. The van der Waals surface area contributed by atoms with E-state index in [9.17, 15) is 4.79 Å². The third-order valence-corrected chi connectivity index (χ3v) is 2.81. The topological polar surface area (TPSA) is 90.4 Å². The number of anilines is 1. The van der Waals surface area contributed by atoms with Gasteiger partial charge >= 0.3 is 6.09 Å². The van der Waals surface area contributed by atoms with Crippen molar-refractivity contribution in [3.63, 3.8) is 0 Å². The van der Waals surface area contributed by atoms with Crippen molar-refractivity contribution in [3.05, 3.63) is 28.2 Å². The van der Waals surface area contributed by atoms with E-state index in [-0.39, 0.29) is 6.61 Å². The fourth-order valence-electron chi connectivity index (χ4n) is 1.15. The van der Waals surface area contributed by atoms with Gasteiger partial charge in [0.1, 0.15) is 11.6 Å². The standard InChI is InChI=1S/C10H12BrN3O2S/c11-7-5-6(9(12)17)1-2-8(7)14-3-4-16-10(13)15/h1-2,5,14H,3-4H2,(H2,12,17)(H2,13,15). The van der Waals surface area contributed by atoms with Gasteiger partial charge in [0.2, 0.25) is 0 Å². The number of thiocarbonyl (C=S) groups is 1. The maximum Gasteiger partial charge on any atom is 0.404 e. The number of amides is 1. The number of nitrogens with one attached hydrogen (secondary N) is 1. The van der Waals surface area contributed by atoms with E-state index in [1.54, 1.807) is 0 Å². The van der Waals surface area contributed by atoms with Crippen LogP contribution in [0.1, 0.15) is 5.56 Å². The van der Waals surface area contributed by atoms with Crippen molar-refractivity contribution < 1.29 is 9.53 Å². The first-order valence-corrected chi connectivity index (χ1v) is 5.96. The molecule has 0 aliphatic rings. The molecule has 1 aromatic carbocycles. The third-order valence-electron chi connectivity index (χ3n) is 1.92. The Labute approximate surface area is 113 Å². The highest BCUT2D eigenvalue weighted by molar-refractivity contribution is 9.10. The normalized spacial score (nSPS) is 9.71. The SMILES string of the molecule is NC(=O)OCCNc1ccc(C(N)=S)cc1Br. The van der Waals surface area contributed by atoms with Gasteiger partial charge in [0.25, 0.3) is 0 Å². The van der Waals surface area contributed by atoms with Crippen molar-refractivity contribution in [1.29, 1.82) is 0 Å². The Hall–Kier alpha value is -1.34. The number of carbonyl (C=O) groups is 1. The van der Waals surface area contributed by atoms with Gasteiger partial charge in [-0.3, -0.25) is 0 Å². The second-order valence-corrected chi connectivity index (χ2v) is 4.45. The predicted octanol–water partition coefficient (Wildman–Crippen LogP) is 1.59. The zero-order valence-electron chi connectivity index (χ0n) is 8.90. The number of benzene rings is 1. The minimum absolute atomic E-state index is 0.207. The van der Waals surface area contributed by atoms with Gasteiger partial charge in [0.05, 0.1) is 0 Å². The zero-order valence-corrected chi connectivity index (χ0v) is 11.3. The van der Waals surface area contributed by atoms with Gasteiger partial charge in [-0.15, -0.1) is 0 Å². The molecule has 0 aliphatic carbocycles. The van der Waals surface area contributed by atoms with Crippen LogP contribution >= 0.6 is 28.1 Å². The summed E-state index contributed by atoms with van der Waals surface area (Å²) in [6, 6.07) is 5.47. The molecule has 0 aliphatic heterocycles. The number of rotatable bonds is 5. The van der Waals surface area contributed by atoms with Crippen molar-refractivity contribution in [1.82, 2.24) is 0 Å². The van der Waals surface area contributed by atoms with Gasteiger partial charge in [-0.25, -0.2) is 4.79 Å². The minimum atomic E-state index is -0.783. The molecule has 17 heavy (non-hydrogen) atoms. The highest BCUT2D eigenvalue weighted by atomic mass is 79.9. The number of carbonyl (C=O) groups excluding carboxylic acids is 1. The van der Waals surface area contributed by atoms with Crippen LogP contribution in [0.5, 0.6) is 0 Å². The van der Waals surface area contributed by atoms with Crippen molar-refractivity contribution in [2.45, 2.75) is 0 Å². The number of primary amides is 1. The zero-order chi connectivity index (χ0) is 12.8. The number of hydrogen-bond acceptors (Lipinski definition) is 4. The molecule has 0 fully saturated rings. The van der Waals surface area contributed by atoms with Gasteiger partial charge in [0.15, 0.2) is 0 Å². The Balaban J connectivity index is 2.54. The summed E-state index contributed by atoms with van der Waals surface area (Å²) in [5, 5.41) is 3.07. The summed E-state index contributed by atoms with van der Waals surface area (Å²) in [6.45, 7) is 0.673. The van der Waals surface area contributed by atoms with Crippen molar-refractivity contribution >= 4 is 44.9 Å². The summed E-state index contributed by atoms with van der Waals surface area (Å²) in [4.78, 5) is 10.7. The van der Waals surface area contributed by atoms with E-state index in [0.29, 0.717) is 11.5 Å². The van der Waals surface area contributed by atoms with E-state index in [2.05, 4.69) is 26.0 Å². The molecule has 0 heterocycles. The summed E-state index contributed by atoms with van der Waals surface area (Å²) >= 11 is 8.25. The number of nitrogens with two attached hydrogens (primary N) is 2. The molecule has 0 unspecified atom stereocenters. The summed E-state index contributed by atoms with van der Waals surface area (Å²) in [7, 11) is 0. The Morgan fingerprint density at radius 1 is 1.47 bits per heavy atom. The lowest BCUT2D eigenvalue weighted by atomic mass is 10.2.